The average Bonchev–Trinajstić information content (AvgIpc) is 2.62. The summed E-state index contributed by atoms with van der Waals surface area (Å²) in [5.74, 6) is 0.649. The fraction of sp³-hybridized carbons (Fsp3) is 0.167. The third-order valence-corrected chi connectivity index (χ3v) is 2.50. The number of hydrogen-bond acceptors (Lipinski definition) is 3. The van der Waals surface area contributed by atoms with Gasteiger partial charge in [-0.3, -0.25) is 4.98 Å². The zero-order valence-corrected chi connectivity index (χ0v) is 9.22. The minimum atomic E-state index is 0.649. The second kappa shape index (κ2) is 4.18. The monoisotopic (exact) mass is 214 g/mol. The first-order valence-corrected chi connectivity index (χ1v) is 5.06. The molecule has 16 heavy (non-hydrogen) atoms. The molecule has 4 nitrogen and oxygen atoms in total. The number of allylic oxidation sites excluding steroid dienone is 1. The number of pyridine rings is 1. The van der Waals surface area contributed by atoms with Crippen LogP contribution in [-0.4, -0.2) is 14.5 Å². The molecular weight excluding hydrogens is 200 g/mol. The number of imidazole rings is 1. The number of rotatable bonds is 3. The number of nitrogens with two attached hydrogens (primary N) is 1. The van der Waals surface area contributed by atoms with Gasteiger partial charge < -0.3 is 10.3 Å². The van der Waals surface area contributed by atoms with Crippen LogP contribution in [0.4, 0.5) is 5.82 Å². The van der Waals surface area contributed by atoms with Gasteiger partial charge in [-0.2, -0.15) is 0 Å². The Hall–Kier alpha value is -2.10. The fourth-order valence-corrected chi connectivity index (χ4v) is 1.60. The van der Waals surface area contributed by atoms with Gasteiger partial charge in [0.15, 0.2) is 0 Å². The summed E-state index contributed by atoms with van der Waals surface area (Å²) in [6.45, 7) is 6.36. The van der Waals surface area contributed by atoms with Gasteiger partial charge in [0.1, 0.15) is 11.5 Å². The van der Waals surface area contributed by atoms with Crippen LogP contribution < -0.4 is 5.73 Å². The van der Waals surface area contributed by atoms with E-state index in [1.54, 1.807) is 24.8 Å². The standard InChI is InChI=1S/C12H14N4/c1-3-6-16-8-15-11(12(16)13)10-7-14-5-4-9(10)2/h3-5,7-8H,1,6,13H2,2H3. The third-order valence-electron chi connectivity index (χ3n) is 2.50. The lowest BCUT2D eigenvalue weighted by molar-refractivity contribution is 0.833. The van der Waals surface area contributed by atoms with Gasteiger partial charge in [0.25, 0.3) is 0 Å². The molecule has 2 aromatic rings. The highest BCUT2D eigenvalue weighted by molar-refractivity contribution is 5.72. The first-order valence-electron chi connectivity index (χ1n) is 5.06. The Bertz CT molecular complexity index is 513. The topological polar surface area (TPSA) is 56.7 Å². The molecule has 2 aromatic heterocycles. The Balaban J connectivity index is 2.49. The lowest BCUT2D eigenvalue weighted by Crippen LogP contribution is -2.00. The van der Waals surface area contributed by atoms with E-state index in [9.17, 15) is 0 Å². The van der Waals surface area contributed by atoms with E-state index in [1.807, 2.05) is 17.6 Å². The summed E-state index contributed by atoms with van der Waals surface area (Å²) in [5.41, 5.74) is 8.89. The summed E-state index contributed by atoms with van der Waals surface area (Å²) < 4.78 is 1.86. The number of nitrogen functional groups attached to an aromatic ring is 1. The van der Waals surface area contributed by atoms with Crippen molar-refractivity contribution in [3.63, 3.8) is 0 Å². The molecule has 2 N–H and O–H groups in total. The molecule has 0 aromatic carbocycles. The molecule has 0 bridgehead atoms. The molecule has 0 unspecified atom stereocenters. The van der Waals surface area contributed by atoms with Crippen molar-refractivity contribution in [2.45, 2.75) is 13.5 Å². The van der Waals surface area contributed by atoms with Gasteiger partial charge in [-0.15, -0.1) is 6.58 Å². The molecule has 0 saturated carbocycles. The number of hydrogen-bond donors (Lipinski definition) is 1. The van der Waals surface area contributed by atoms with Crippen molar-refractivity contribution in [3.8, 4) is 11.3 Å². The van der Waals surface area contributed by atoms with Gasteiger partial charge in [0.2, 0.25) is 0 Å². The maximum Gasteiger partial charge on any atom is 0.131 e. The quantitative estimate of drug-likeness (QED) is 0.795. The lowest BCUT2D eigenvalue weighted by Gasteiger charge is -2.04. The van der Waals surface area contributed by atoms with Crippen LogP contribution in [0, 0.1) is 6.92 Å². The molecule has 0 saturated heterocycles. The van der Waals surface area contributed by atoms with Crippen LogP contribution in [0.25, 0.3) is 11.3 Å². The van der Waals surface area contributed by atoms with E-state index in [4.69, 9.17) is 5.73 Å². The van der Waals surface area contributed by atoms with Gasteiger partial charge in [0.05, 0.1) is 6.33 Å². The molecule has 0 aliphatic rings. The summed E-state index contributed by atoms with van der Waals surface area (Å²) in [4.78, 5) is 8.41. The maximum atomic E-state index is 6.02. The molecule has 0 amide bonds. The Morgan fingerprint density at radius 1 is 1.56 bits per heavy atom. The van der Waals surface area contributed by atoms with Crippen LogP contribution in [0.5, 0.6) is 0 Å². The number of anilines is 1. The van der Waals surface area contributed by atoms with Crippen molar-refractivity contribution >= 4 is 5.82 Å². The molecule has 0 radical (unpaired) electrons. The predicted octanol–water partition coefficient (Wildman–Crippen LogP) is 2.02. The van der Waals surface area contributed by atoms with Crippen LogP contribution in [0.2, 0.25) is 0 Å². The summed E-state index contributed by atoms with van der Waals surface area (Å²) >= 11 is 0. The first-order chi connectivity index (χ1) is 7.74. The Morgan fingerprint density at radius 3 is 3.06 bits per heavy atom. The predicted molar refractivity (Wildman–Crippen MR) is 64.8 cm³/mol. The molecule has 0 aliphatic heterocycles. The SMILES string of the molecule is C=CCn1cnc(-c2cnccc2C)c1N. The van der Waals surface area contributed by atoms with E-state index < -0.39 is 0 Å². The minimum absolute atomic E-state index is 0.649. The summed E-state index contributed by atoms with van der Waals surface area (Å²) in [6, 6.07) is 1.95. The van der Waals surface area contributed by atoms with E-state index >= 15 is 0 Å². The Labute approximate surface area is 94.5 Å². The molecule has 2 rings (SSSR count). The third kappa shape index (κ3) is 1.69. The Morgan fingerprint density at radius 2 is 2.38 bits per heavy atom. The van der Waals surface area contributed by atoms with Gasteiger partial charge in [0, 0.05) is 24.5 Å². The number of aryl methyl sites for hydroxylation is 1. The highest BCUT2D eigenvalue weighted by atomic mass is 15.1. The Kier molecular flexibility index (Phi) is 2.72. The van der Waals surface area contributed by atoms with Gasteiger partial charge >= 0.3 is 0 Å². The largest absolute Gasteiger partial charge is 0.383 e. The van der Waals surface area contributed by atoms with Crippen molar-refractivity contribution < 1.29 is 0 Å². The van der Waals surface area contributed by atoms with Gasteiger partial charge in [-0.1, -0.05) is 6.08 Å². The second-order valence-corrected chi connectivity index (χ2v) is 3.61. The second-order valence-electron chi connectivity index (χ2n) is 3.61. The molecule has 2 heterocycles. The zero-order valence-electron chi connectivity index (χ0n) is 9.22. The van der Waals surface area contributed by atoms with E-state index in [1.165, 1.54) is 0 Å². The minimum Gasteiger partial charge on any atom is -0.383 e. The molecule has 82 valence electrons. The number of aromatic nitrogens is 3. The highest BCUT2D eigenvalue weighted by Gasteiger charge is 2.11. The molecular formula is C12H14N4. The van der Waals surface area contributed by atoms with Crippen LogP contribution >= 0.6 is 0 Å². The summed E-state index contributed by atoms with van der Waals surface area (Å²) in [5, 5.41) is 0. The van der Waals surface area contributed by atoms with Crippen LogP contribution in [0.15, 0.2) is 37.4 Å². The molecule has 0 atom stereocenters. The average molecular weight is 214 g/mol. The number of nitrogens with zero attached hydrogens (tertiary/aromatic N) is 3. The van der Waals surface area contributed by atoms with Crippen LogP contribution in [0.3, 0.4) is 0 Å². The van der Waals surface area contributed by atoms with E-state index in [2.05, 4.69) is 16.5 Å². The van der Waals surface area contributed by atoms with E-state index in [0.717, 1.165) is 16.8 Å². The summed E-state index contributed by atoms with van der Waals surface area (Å²) in [6.07, 6.45) is 7.05. The van der Waals surface area contributed by atoms with Crippen molar-refractivity contribution in [2.24, 2.45) is 0 Å². The fourth-order valence-electron chi connectivity index (χ4n) is 1.60. The van der Waals surface area contributed by atoms with E-state index in [-0.39, 0.29) is 0 Å². The zero-order chi connectivity index (χ0) is 11.5. The summed E-state index contributed by atoms with van der Waals surface area (Å²) in [7, 11) is 0. The van der Waals surface area contributed by atoms with Crippen molar-refractivity contribution in [1.29, 1.82) is 0 Å². The molecule has 4 heteroatoms. The highest BCUT2D eigenvalue weighted by Crippen LogP contribution is 2.26. The smallest absolute Gasteiger partial charge is 0.131 e. The maximum absolute atomic E-state index is 6.02. The van der Waals surface area contributed by atoms with Crippen molar-refractivity contribution in [2.75, 3.05) is 5.73 Å². The first kappa shape index (κ1) is 10.4. The molecule has 0 fully saturated rings. The molecule has 0 spiro atoms. The normalized spacial score (nSPS) is 10.3. The van der Waals surface area contributed by atoms with Crippen LogP contribution in [0.1, 0.15) is 5.56 Å². The van der Waals surface area contributed by atoms with Gasteiger partial charge in [-0.05, 0) is 18.6 Å². The molecule has 0 aliphatic carbocycles. The van der Waals surface area contributed by atoms with Crippen molar-refractivity contribution in [3.05, 3.63) is 43.0 Å². The van der Waals surface area contributed by atoms with E-state index in [0.29, 0.717) is 12.4 Å². The van der Waals surface area contributed by atoms with Crippen LogP contribution in [-0.2, 0) is 6.54 Å². The van der Waals surface area contributed by atoms with Gasteiger partial charge in [-0.25, -0.2) is 4.98 Å². The lowest BCUT2D eigenvalue weighted by atomic mass is 10.1. The van der Waals surface area contributed by atoms with Crippen molar-refractivity contribution in [1.82, 2.24) is 14.5 Å².